The van der Waals surface area contributed by atoms with Crippen LogP contribution in [-0.4, -0.2) is 16.9 Å². The Labute approximate surface area is 116 Å². The number of nitrogens with one attached hydrogen (secondary N) is 2. The number of fused-ring (bicyclic) bond motifs is 1. The predicted octanol–water partition coefficient (Wildman–Crippen LogP) is 1.58. The van der Waals surface area contributed by atoms with Gasteiger partial charge in [0.15, 0.2) is 0 Å². The SMILES string of the molecule is Cc1ccc(C(=O)NC2Cc3ccccc3C2)c(=O)[nH]1. The maximum absolute atomic E-state index is 12.2. The highest BCUT2D eigenvalue weighted by Gasteiger charge is 2.23. The minimum Gasteiger partial charge on any atom is -0.348 e. The summed E-state index contributed by atoms with van der Waals surface area (Å²) in [4.78, 5) is 26.6. The molecule has 0 aliphatic heterocycles. The Balaban J connectivity index is 1.74. The molecule has 20 heavy (non-hydrogen) atoms. The average Bonchev–Trinajstić information content (AvgIpc) is 2.80. The molecule has 1 heterocycles. The fraction of sp³-hybridized carbons (Fsp3) is 0.250. The zero-order valence-corrected chi connectivity index (χ0v) is 11.3. The molecule has 0 unspecified atom stereocenters. The molecule has 0 radical (unpaired) electrons. The fourth-order valence-corrected chi connectivity index (χ4v) is 2.67. The first kappa shape index (κ1) is 12.7. The van der Waals surface area contributed by atoms with Crippen LogP contribution in [-0.2, 0) is 12.8 Å². The third kappa shape index (κ3) is 2.37. The molecule has 1 aliphatic rings. The van der Waals surface area contributed by atoms with Gasteiger partial charge in [-0.1, -0.05) is 24.3 Å². The lowest BCUT2D eigenvalue weighted by Gasteiger charge is -2.11. The second-order valence-corrected chi connectivity index (χ2v) is 5.23. The number of carbonyl (C=O) groups is 1. The smallest absolute Gasteiger partial charge is 0.260 e. The number of hydrogen-bond acceptors (Lipinski definition) is 2. The van der Waals surface area contributed by atoms with Crippen LogP contribution in [0.25, 0.3) is 0 Å². The van der Waals surface area contributed by atoms with Crippen LogP contribution >= 0.6 is 0 Å². The van der Waals surface area contributed by atoms with Gasteiger partial charge in [-0.15, -0.1) is 0 Å². The number of aromatic nitrogens is 1. The summed E-state index contributed by atoms with van der Waals surface area (Å²) in [5, 5.41) is 2.94. The van der Waals surface area contributed by atoms with Gasteiger partial charge in [-0.3, -0.25) is 9.59 Å². The van der Waals surface area contributed by atoms with E-state index in [1.807, 2.05) is 12.1 Å². The first-order valence-electron chi connectivity index (χ1n) is 6.71. The molecular weight excluding hydrogens is 252 g/mol. The number of hydrogen-bond donors (Lipinski definition) is 2. The van der Waals surface area contributed by atoms with Gasteiger partial charge in [0.25, 0.3) is 11.5 Å². The van der Waals surface area contributed by atoms with Crippen molar-refractivity contribution in [3.05, 3.63) is 69.1 Å². The van der Waals surface area contributed by atoms with Gasteiger partial charge in [0, 0.05) is 11.7 Å². The molecule has 1 aromatic carbocycles. The van der Waals surface area contributed by atoms with Crippen molar-refractivity contribution in [1.29, 1.82) is 0 Å². The third-order valence-corrected chi connectivity index (χ3v) is 3.69. The second kappa shape index (κ2) is 4.96. The van der Waals surface area contributed by atoms with Gasteiger partial charge in [0.2, 0.25) is 0 Å². The summed E-state index contributed by atoms with van der Waals surface area (Å²) in [6.45, 7) is 1.79. The van der Waals surface area contributed by atoms with E-state index in [0.29, 0.717) is 0 Å². The molecule has 0 spiro atoms. The minimum atomic E-state index is -0.335. The molecule has 2 N–H and O–H groups in total. The van der Waals surface area contributed by atoms with E-state index in [9.17, 15) is 9.59 Å². The monoisotopic (exact) mass is 268 g/mol. The van der Waals surface area contributed by atoms with Crippen LogP contribution in [0.2, 0.25) is 0 Å². The Morgan fingerprint density at radius 1 is 1.15 bits per heavy atom. The van der Waals surface area contributed by atoms with E-state index in [4.69, 9.17) is 0 Å². The number of aryl methyl sites for hydroxylation is 1. The average molecular weight is 268 g/mol. The largest absolute Gasteiger partial charge is 0.348 e. The third-order valence-electron chi connectivity index (χ3n) is 3.69. The first-order valence-corrected chi connectivity index (χ1v) is 6.71. The van der Waals surface area contributed by atoms with Crippen LogP contribution in [0.3, 0.4) is 0 Å². The number of aromatic amines is 1. The Hall–Kier alpha value is -2.36. The molecule has 0 saturated heterocycles. The number of H-pyrrole nitrogens is 1. The van der Waals surface area contributed by atoms with Gasteiger partial charge in [-0.05, 0) is 43.0 Å². The quantitative estimate of drug-likeness (QED) is 0.868. The lowest BCUT2D eigenvalue weighted by Crippen LogP contribution is -2.38. The van der Waals surface area contributed by atoms with Crippen LogP contribution in [0.4, 0.5) is 0 Å². The van der Waals surface area contributed by atoms with Crippen LogP contribution in [0, 0.1) is 6.92 Å². The minimum absolute atomic E-state index is 0.0700. The molecule has 1 aromatic heterocycles. The lowest BCUT2D eigenvalue weighted by atomic mass is 10.1. The Morgan fingerprint density at radius 3 is 2.40 bits per heavy atom. The van der Waals surface area contributed by atoms with Crippen molar-refractivity contribution in [1.82, 2.24) is 10.3 Å². The molecule has 0 fully saturated rings. The van der Waals surface area contributed by atoms with Crippen molar-refractivity contribution in [2.75, 3.05) is 0 Å². The molecule has 0 atom stereocenters. The van der Waals surface area contributed by atoms with E-state index in [1.165, 1.54) is 11.1 Å². The number of pyridine rings is 1. The molecular formula is C16H16N2O2. The van der Waals surface area contributed by atoms with E-state index in [-0.39, 0.29) is 23.1 Å². The van der Waals surface area contributed by atoms with Gasteiger partial charge >= 0.3 is 0 Å². The molecule has 2 aromatic rings. The van der Waals surface area contributed by atoms with Crippen LogP contribution in [0.5, 0.6) is 0 Å². The highest BCUT2D eigenvalue weighted by atomic mass is 16.2. The number of carbonyl (C=O) groups excluding carboxylic acids is 1. The zero-order chi connectivity index (χ0) is 14.1. The van der Waals surface area contributed by atoms with Crippen molar-refractivity contribution < 1.29 is 4.79 Å². The molecule has 1 amide bonds. The number of rotatable bonds is 2. The Morgan fingerprint density at radius 2 is 1.80 bits per heavy atom. The summed E-state index contributed by atoms with van der Waals surface area (Å²) in [5.41, 5.74) is 3.13. The molecule has 1 aliphatic carbocycles. The summed E-state index contributed by atoms with van der Waals surface area (Å²) in [6.07, 6.45) is 1.65. The predicted molar refractivity (Wildman–Crippen MR) is 76.9 cm³/mol. The standard InChI is InChI=1S/C16H16N2O2/c1-10-6-7-14(15(19)17-10)16(20)18-13-8-11-4-2-3-5-12(11)9-13/h2-7,13H,8-9H2,1H3,(H,17,19)(H,18,20). The number of benzene rings is 1. The van der Waals surface area contributed by atoms with Crippen LogP contribution < -0.4 is 10.9 Å². The number of amides is 1. The summed E-state index contributed by atoms with van der Waals surface area (Å²) >= 11 is 0. The van der Waals surface area contributed by atoms with E-state index in [1.54, 1.807) is 19.1 Å². The molecule has 4 nitrogen and oxygen atoms in total. The van der Waals surface area contributed by atoms with Gasteiger partial charge in [-0.25, -0.2) is 0 Å². The lowest BCUT2D eigenvalue weighted by molar-refractivity contribution is 0.0937. The van der Waals surface area contributed by atoms with Crippen LogP contribution in [0.1, 0.15) is 27.2 Å². The summed E-state index contributed by atoms with van der Waals surface area (Å²) in [7, 11) is 0. The van der Waals surface area contributed by atoms with E-state index in [0.717, 1.165) is 18.5 Å². The topological polar surface area (TPSA) is 62.0 Å². The van der Waals surface area contributed by atoms with Gasteiger partial charge in [0.1, 0.15) is 5.56 Å². The van der Waals surface area contributed by atoms with E-state index >= 15 is 0 Å². The normalized spacial score (nSPS) is 14.1. The molecule has 4 heteroatoms. The van der Waals surface area contributed by atoms with E-state index < -0.39 is 0 Å². The molecule has 3 rings (SSSR count). The molecule has 0 saturated carbocycles. The van der Waals surface area contributed by atoms with Crippen LogP contribution in [0.15, 0.2) is 41.2 Å². The van der Waals surface area contributed by atoms with Crippen molar-refractivity contribution in [2.45, 2.75) is 25.8 Å². The van der Waals surface area contributed by atoms with Gasteiger partial charge < -0.3 is 10.3 Å². The molecule has 102 valence electrons. The summed E-state index contributed by atoms with van der Waals surface area (Å²) < 4.78 is 0. The zero-order valence-electron chi connectivity index (χ0n) is 11.3. The van der Waals surface area contributed by atoms with Crippen molar-refractivity contribution in [2.24, 2.45) is 0 Å². The maximum Gasteiger partial charge on any atom is 0.260 e. The fourth-order valence-electron chi connectivity index (χ4n) is 2.67. The Kier molecular flexibility index (Phi) is 3.14. The molecule has 0 bridgehead atoms. The Bertz CT molecular complexity index is 693. The summed E-state index contributed by atoms with van der Waals surface area (Å²) in [5.74, 6) is -0.302. The van der Waals surface area contributed by atoms with Crippen molar-refractivity contribution >= 4 is 5.91 Å². The van der Waals surface area contributed by atoms with Crippen molar-refractivity contribution in [3.63, 3.8) is 0 Å². The van der Waals surface area contributed by atoms with E-state index in [2.05, 4.69) is 22.4 Å². The first-order chi connectivity index (χ1) is 9.63. The maximum atomic E-state index is 12.2. The second-order valence-electron chi connectivity index (χ2n) is 5.23. The van der Waals surface area contributed by atoms with Gasteiger partial charge in [0.05, 0.1) is 0 Å². The van der Waals surface area contributed by atoms with Crippen molar-refractivity contribution in [3.8, 4) is 0 Å². The highest BCUT2D eigenvalue weighted by Crippen LogP contribution is 2.21. The highest BCUT2D eigenvalue weighted by molar-refractivity contribution is 5.94. The van der Waals surface area contributed by atoms with Gasteiger partial charge in [-0.2, -0.15) is 0 Å². The summed E-state index contributed by atoms with van der Waals surface area (Å²) in [6, 6.07) is 11.6.